The number of aliphatic carboxylic acids is 2. The van der Waals surface area contributed by atoms with Crippen LogP contribution in [0.5, 0.6) is 0 Å². The SMILES string of the molecule is CC1(C(=O)O)CC=CC(CCCl)(C(=O)O)C1. The van der Waals surface area contributed by atoms with Gasteiger partial charge in [-0.25, -0.2) is 0 Å². The van der Waals surface area contributed by atoms with E-state index in [2.05, 4.69) is 0 Å². The maximum Gasteiger partial charge on any atom is 0.313 e. The van der Waals surface area contributed by atoms with E-state index in [-0.39, 0.29) is 18.7 Å². The highest BCUT2D eigenvalue weighted by atomic mass is 35.5. The Hall–Kier alpha value is -1.03. The fraction of sp³-hybridized carbons (Fsp3) is 0.636. The smallest absolute Gasteiger partial charge is 0.313 e. The molecule has 0 fully saturated rings. The van der Waals surface area contributed by atoms with Crippen molar-refractivity contribution in [3.8, 4) is 0 Å². The highest BCUT2D eigenvalue weighted by Gasteiger charge is 2.47. The van der Waals surface area contributed by atoms with Crippen molar-refractivity contribution in [1.29, 1.82) is 0 Å². The van der Waals surface area contributed by atoms with Gasteiger partial charge in [0, 0.05) is 5.88 Å². The van der Waals surface area contributed by atoms with E-state index in [1.165, 1.54) is 0 Å². The van der Waals surface area contributed by atoms with Crippen molar-refractivity contribution in [2.75, 3.05) is 5.88 Å². The van der Waals surface area contributed by atoms with Crippen molar-refractivity contribution in [3.05, 3.63) is 12.2 Å². The van der Waals surface area contributed by atoms with E-state index in [0.717, 1.165) is 0 Å². The molecule has 0 aromatic carbocycles. The summed E-state index contributed by atoms with van der Waals surface area (Å²) >= 11 is 5.60. The number of carbonyl (C=O) groups is 2. The first-order valence-corrected chi connectivity index (χ1v) is 5.60. The zero-order chi connectivity index (χ0) is 12.4. The molecule has 1 aliphatic rings. The number of allylic oxidation sites excluding steroid dienone is 1. The molecule has 0 bridgehead atoms. The van der Waals surface area contributed by atoms with Crippen LogP contribution in [0.2, 0.25) is 0 Å². The van der Waals surface area contributed by atoms with E-state index in [1.54, 1.807) is 19.1 Å². The molecule has 0 heterocycles. The lowest BCUT2D eigenvalue weighted by Gasteiger charge is -2.37. The van der Waals surface area contributed by atoms with E-state index in [9.17, 15) is 14.7 Å². The average molecular weight is 247 g/mol. The van der Waals surface area contributed by atoms with Gasteiger partial charge in [0.05, 0.1) is 10.8 Å². The summed E-state index contributed by atoms with van der Waals surface area (Å²) < 4.78 is 0. The third-order valence-electron chi connectivity index (χ3n) is 3.19. The molecule has 0 saturated heterocycles. The van der Waals surface area contributed by atoms with Crippen molar-refractivity contribution < 1.29 is 19.8 Å². The number of carboxylic acid groups (broad SMARTS) is 2. The van der Waals surface area contributed by atoms with Crippen LogP contribution in [0.25, 0.3) is 0 Å². The summed E-state index contributed by atoms with van der Waals surface area (Å²) in [6.45, 7) is 1.57. The second-order valence-electron chi connectivity index (χ2n) is 4.55. The first-order valence-electron chi connectivity index (χ1n) is 5.07. The highest BCUT2D eigenvalue weighted by molar-refractivity contribution is 6.18. The van der Waals surface area contributed by atoms with Gasteiger partial charge in [0.1, 0.15) is 0 Å². The lowest BCUT2D eigenvalue weighted by atomic mass is 9.65. The molecular formula is C11H15ClO4. The summed E-state index contributed by atoms with van der Waals surface area (Å²) in [5.74, 6) is -1.76. The van der Waals surface area contributed by atoms with Crippen molar-refractivity contribution in [2.45, 2.75) is 26.2 Å². The molecule has 5 heteroatoms. The summed E-state index contributed by atoms with van der Waals surface area (Å²) in [7, 11) is 0. The first kappa shape index (κ1) is 13.0. The van der Waals surface area contributed by atoms with Gasteiger partial charge in [-0.15, -0.1) is 11.6 Å². The Bertz CT molecular complexity index is 339. The number of hydrogen-bond acceptors (Lipinski definition) is 2. The van der Waals surface area contributed by atoms with Gasteiger partial charge in [0.25, 0.3) is 0 Å². The Balaban J connectivity index is 3.05. The zero-order valence-electron chi connectivity index (χ0n) is 9.07. The summed E-state index contributed by atoms with van der Waals surface area (Å²) in [5, 5.41) is 18.4. The lowest BCUT2D eigenvalue weighted by Crippen LogP contribution is -2.41. The van der Waals surface area contributed by atoms with Crippen LogP contribution in [-0.2, 0) is 9.59 Å². The molecule has 0 saturated carbocycles. The summed E-state index contributed by atoms with van der Waals surface area (Å²) in [6, 6.07) is 0. The molecule has 0 spiro atoms. The number of halogens is 1. The molecule has 0 radical (unpaired) electrons. The third-order valence-corrected chi connectivity index (χ3v) is 3.38. The number of rotatable bonds is 4. The minimum Gasteiger partial charge on any atom is -0.481 e. The molecule has 90 valence electrons. The molecule has 1 aliphatic carbocycles. The Kier molecular flexibility index (Phi) is 3.63. The van der Waals surface area contributed by atoms with Crippen LogP contribution < -0.4 is 0 Å². The van der Waals surface area contributed by atoms with E-state index >= 15 is 0 Å². The van der Waals surface area contributed by atoms with Crippen LogP contribution in [0, 0.1) is 10.8 Å². The standard InChI is InChI=1S/C11H15ClO4/c1-10(8(13)14)3-2-4-11(7-10,5-6-12)9(15)16/h2,4H,3,5-7H2,1H3,(H,13,14)(H,15,16). The molecular weight excluding hydrogens is 232 g/mol. The maximum absolute atomic E-state index is 11.3. The van der Waals surface area contributed by atoms with Crippen LogP contribution in [0.1, 0.15) is 26.2 Å². The Labute approximate surface area is 98.9 Å². The van der Waals surface area contributed by atoms with Gasteiger partial charge >= 0.3 is 11.9 Å². The average Bonchev–Trinajstić information content (AvgIpc) is 2.17. The molecule has 1 rings (SSSR count). The van der Waals surface area contributed by atoms with Crippen LogP contribution >= 0.6 is 11.6 Å². The summed E-state index contributed by atoms with van der Waals surface area (Å²) in [5.41, 5.74) is -2.15. The third kappa shape index (κ3) is 2.21. The molecule has 2 N–H and O–H groups in total. The zero-order valence-corrected chi connectivity index (χ0v) is 9.83. The quantitative estimate of drug-likeness (QED) is 0.589. The monoisotopic (exact) mass is 246 g/mol. The second-order valence-corrected chi connectivity index (χ2v) is 4.93. The predicted molar refractivity (Wildman–Crippen MR) is 59.5 cm³/mol. The lowest BCUT2D eigenvalue weighted by molar-refractivity contribution is -0.155. The fourth-order valence-corrected chi connectivity index (χ4v) is 2.47. The van der Waals surface area contributed by atoms with Crippen LogP contribution in [0.15, 0.2) is 12.2 Å². The molecule has 0 aliphatic heterocycles. The normalized spacial score (nSPS) is 33.6. The van der Waals surface area contributed by atoms with Crippen molar-refractivity contribution >= 4 is 23.5 Å². The van der Waals surface area contributed by atoms with Gasteiger partial charge in [-0.1, -0.05) is 12.2 Å². The maximum atomic E-state index is 11.3. The molecule has 16 heavy (non-hydrogen) atoms. The second kappa shape index (κ2) is 4.45. The van der Waals surface area contributed by atoms with Gasteiger partial charge in [-0.05, 0) is 26.2 Å². The van der Waals surface area contributed by atoms with Gasteiger partial charge in [-0.3, -0.25) is 9.59 Å². The predicted octanol–water partition coefficient (Wildman–Crippen LogP) is 2.13. The Morgan fingerprint density at radius 2 is 2.00 bits per heavy atom. The molecule has 0 amide bonds. The van der Waals surface area contributed by atoms with Crippen LogP contribution in [0.4, 0.5) is 0 Å². The van der Waals surface area contributed by atoms with Crippen LogP contribution in [-0.4, -0.2) is 28.0 Å². The van der Waals surface area contributed by atoms with Gasteiger partial charge in [0.2, 0.25) is 0 Å². The summed E-state index contributed by atoms with van der Waals surface area (Å²) in [4.78, 5) is 22.4. The molecule has 2 unspecified atom stereocenters. The van der Waals surface area contributed by atoms with E-state index in [0.29, 0.717) is 6.42 Å². The highest BCUT2D eigenvalue weighted by Crippen LogP contribution is 2.45. The Morgan fingerprint density at radius 1 is 1.38 bits per heavy atom. The minimum absolute atomic E-state index is 0.0912. The number of carboxylic acids is 2. The number of alkyl halides is 1. The topological polar surface area (TPSA) is 74.6 Å². The van der Waals surface area contributed by atoms with E-state index in [4.69, 9.17) is 16.7 Å². The Morgan fingerprint density at radius 3 is 2.44 bits per heavy atom. The molecule has 2 atom stereocenters. The van der Waals surface area contributed by atoms with E-state index < -0.39 is 22.8 Å². The first-order chi connectivity index (χ1) is 7.36. The van der Waals surface area contributed by atoms with Gasteiger partial charge in [0.15, 0.2) is 0 Å². The van der Waals surface area contributed by atoms with Crippen molar-refractivity contribution in [3.63, 3.8) is 0 Å². The van der Waals surface area contributed by atoms with Crippen LogP contribution in [0.3, 0.4) is 0 Å². The summed E-state index contributed by atoms with van der Waals surface area (Å²) in [6.07, 6.45) is 3.93. The minimum atomic E-state index is -1.13. The fourth-order valence-electron chi connectivity index (χ4n) is 2.13. The largest absolute Gasteiger partial charge is 0.481 e. The van der Waals surface area contributed by atoms with Crippen molar-refractivity contribution in [1.82, 2.24) is 0 Å². The molecule has 0 aromatic rings. The van der Waals surface area contributed by atoms with E-state index in [1.807, 2.05) is 0 Å². The number of hydrogen-bond donors (Lipinski definition) is 2. The van der Waals surface area contributed by atoms with Gasteiger partial charge < -0.3 is 10.2 Å². The van der Waals surface area contributed by atoms with Gasteiger partial charge in [-0.2, -0.15) is 0 Å². The van der Waals surface area contributed by atoms with Crippen molar-refractivity contribution in [2.24, 2.45) is 10.8 Å². The molecule has 0 aromatic heterocycles. The molecule has 4 nitrogen and oxygen atoms in total.